The first kappa shape index (κ1) is 14.1. The molecular weight excluding hydrogens is 286 g/mol. The fourth-order valence-corrected chi connectivity index (χ4v) is 3.69. The van der Waals surface area contributed by atoms with Crippen LogP contribution in [0.25, 0.3) is 0 Å². The van der Waals surface area contributed by atoms with Crippen molar-refractivity contribution in [3.8, 4) is 0 Å². The lowest BCUT2D eigenvalue weighted by atomic mass is 10.2. The van der Waals surface area contributed by atoms with Crippen LogP contribution in [-0.4, -0.2) is 21.8 Å². The van der Waals surface area contributed by atoms with E-state index in [0.717, 1.165) is 18.6 Å². The highest BCUT2D eigenvalue weighted by Gasteiger charge is 2.30. The summed E-state index contributed by atoms with van der Waals surface area (Å²) in [5.74, 6) is 0.829. The number of carbonyl (C=O) groups is 1. The van der Waals surface area contributed by atoms with Gasteiger partial charge in [-0.3, -0.25) is 4.79 Å². The van der Waals surface area contributed by atoms with Crippen LogP contribution in [0.2, 0.25) is 0 Å². The van der Waals surface area contributed by atoms with Gasteiger partial charge < -0.3 is 15.1 Å². The van der Waals surface area contributed by atoms with Gasteiger partial charge in [-0.25, -0.2) is 4.98 Å². The topological polar surface area (TPSA) is 72.4 Å². The van der Waals surface area contributed by atoms with E-state index in [-0.39, 0.29) is 11.9 Å². The van der Waals surface area contributed by atoms with E-state index in [2.05, 4.69) is 4.98 Å². The van der Waals surface area contributed by atoms with Crippen molar-refractivity contribution in [1.82, 2.24) is 9.88 Å². The summed E-state index contributed by atoms with van der Waals surface area (Å²) in [6.07, 6.45) is 6.11. The number of nitrogen functional groups attached to an aromatic ring is 1. The molecule has 1 saturated carbocycles. The second-order valence-electron chi connectivity index (χ2n) is 5.42. The van der Waals surface area contributed by atoms with Gasteiger partial charge in [-0.1, -0.05) is 24.2 Å². The van der Waals surface area contributed by atoms with Gasteiger partial charge in [0.15, 0.2) is 5.13 Å². The number of anilines is 1. The molecule has 2 aromatic rings. The normalized spacial score (nSPS) is 15.5. The molecule has 3 rings (SSSR count). The SMILES string of the molecule is Cc1nc(N)sc1C(=O)N(Cc1ccco1)C1CCCC1. The first-order valence-corrected chi connectivity index (χ1v) is 8.03. The van der Waals surface area contributed by atoms with E-state index in [1.165, 1.54) is 24.2 Å². The second kappa shape index (κ2) is 5.89. The summed E-state index contributed by atoms with van der Waals surface area (Å²) in [5.41, 5.74) is 6.44. The Morgan fingerprint density at radius 3 is 2.86 bits per heavy atom. The fraction of sp³-hybridized carbons (Fsp3) is 0.467. The Morgan fingerprint density at radius 2 is 2.29 bits per heavy atom. The number of aromatic nitrogens is 1. The Kier molecular flexibility index (Phi) is 3.96. The van der Waals surface area contributed by atoms with Crippen molar-refractivity contribution in [1.29, 1.82) is 0 Å². The van der Waals surface area contributed by atoms with Crippen molar-refractivity contribution >= 4 is 22.4 Å². The zero-order valence-corrected chi connectivity index (χ0v) is 12.9. The molecule has 112 valence electrons. The van der Waals surface area contributed by atoms with Gasteiger partial charge >= 0.3 is 0 Å². The highest BCUT2D eigenvalue weighted by atomic mass is 32.1. The molecule has 1 aliphatic rings. The van der Waals surface area contributed by atoms with Crippen molar-refractivity contribution in [2.75, 3.05) is 5.73 Å². The maximum absolute atomic E-state index is 12.9. The van der Waals surface area contributed by atoms with E-state index < -0.39 is 0 Å². The number of nitrogens with zero attached hydrogens (tertiary/aromatic N) is 2. The average Bonchev–Trinajstić information content (AvgIpc) is 3.16. The van der Waals surface area contributed by atoms with Crippen LogP contribution in [-0.2, 0) is 6.54 Å². The molecular formula is C15H19N3O2S. The Bertz CT molecular complexity index is 615. The molecule has 0 radical (unpaired) electrons. The number of thiazole rings is 1. The molecule has 0 aliphatic heterocycles. The number of aryl methyl sites for hydroxylation is 1. The molecule has 2 aromatic heterocycles. The average molecular weight is 305 g/mol. The molecule has 5 nitrogen and oxygen atoms in total. The molecule has 21 heavy (non-hydrogen) atoms. The molecule has 0 aromatic carbocycles. The maximum Gasteiger partial charge on any atom is 0.266 e. The van der Waals surface area contributed by atoms with E-state index in [9.17, 15) is 4.79 Å². The van der Waals surface area contributed by atoms with Crippen molar-refractivity contribution in [2.24, 2.45) is 0 Å². The summed E-state index contributed by atoms with van der Waals surface area (Å²) in [4.78, 5) is 19.6. The lowest BCUT2D eigenvalue weighted by Gasteiger charge is -2.27. The van der Waals surface area contributed by atoms with Crippen molar-refractivity contribution in [3.05, 3.63) is 34.7 Å². The zero-order chi connectivity index (χ0) is 14.8. The van der Waals surface area contributed by atoms with Gasteiger partial charge in [0.05, 0.1) is 18.5 Å². The summed E-state index contributed by atoms with van der Waals surface area (Å²) in [6, 6.07) is 4.04. The molecule has 0 atom stereocenters. The highest BCUT2D eigenvalue weighted by molar-refractivity contribution is 7.17. The van der Waals surface area contributed by atoms with E-state index in [1.807, 2.05) is 24.0 Å². The number of amides is 1. The van der Waals surface area contributed by atoms with Crippen LogP contribution < -0.4 is 5.73 Å². The van der Waals surface area contributed by atoms with Crippen LogP contribution in [0.4, 0.5) is 5.13 Å². The third-order valence-corrected chi connectivity index (χ3v) is 4.91. The number of hydrogen-bond acceptors (Lipinski definition) is 5. The van der Waals surface area contributed by atoms with Gasteiger partial charge in [0.1, 0.15) is 10.6 Å². The van der Waals surface area contributed by atoms with Crippen LogP contribution >= 0.6 is 11.3 Å². The highest BCUT2D eigenvalue weighted by Crippen LogP contribution is 2.29. The maximum atomic E-state index is 12.9. The minimum Gasteiger partial charge on any atom is -0.467 e. The Labute approximate surface area is 127 Å². The van der Waals surface area contributed by atoms with Crippen molar-refractivity contribution < 1.29 is 9.21 Å². The van der Waals surface area contributed by atoms with Crippen LogP contribution in [0.5, 0.6) is 0 Å². The minimum absolute atomic E-state index is 0.0185. The Morgan fingerprint density at radius 1 is 1.52 bits per heavy atom. The van der Waals surface area contributed by atoms with Gasteiger partial charge in [0.2, 0.25) is 0 Å². The van der Waals surface area contributed by atoms with E-state index in [1.54, 1.807) is 6.26 Å². The third-order valence-electron chi connectivity index (χ3n) is 3.94. The number of hydrogen-bond donors (Lipinski definition) is 1. The number of rotatable bonds is 4. The summed E-state index contributed by atoms with van der Waals surface area (Å²) >= 11 is 1.27. The van der Waals surface area contributed by atoms with Gasteiger partial charge in [0.25, 0.3) is 5.91 Å². The quantitative estimate of drug-likeness (QED) is 0.941. The van der Waals surface area contributed by atoms with Crippen LogP contribution in [0, 0.1) is 6.92 Å². The predicted molar refractivity (Wildman–Crippen MR) is 82.1 cm³/mol. The van der Waals surface area contributed by atoms with Gasteiger partial charge in [-0.2, -0.15) is 0 Å². The summed E-state index contributed by atoms with van der Waals surface area (Å²) in [7, 11) is 0. The molecule has 1 fully saturated rings. The van der Waals surface area contributed by atoms with Crippen LogP contribution in [0.3, 0.4) is 0 Å². The summed E-state index contributed by atoms with van der Waals surface area (Å²) < 4.78 is 5.41. The monoisotopic (exact) mass is 305 g/mol. The third kappa shape index (κ3) is 2.95. The molecule has 2 N–H and O–H groups in total. The molecule has 0 bridgehead atoms. The van der Waals surface area contributed by atoms with Crippen LogP contribution in [0.15, 0.2) is 22.8 Å². The zero-order valence-electron chi connectivity index (χ0n) is 12.0. The van der Waals surface area contributed by atoms with Crippen molar-refractivity contribution in [3.63, 3.8) is 0 Å². The summed E-state index contributed by atoms with van der Waals surface area (Å²) in [6.45, 7) is 2.34. The second-order valence-corrected chi connectivity index (χ2v) is 6.45. The summed E-state index contributed by atoms with van der Waals surface area (Å²) in [5, 5.41) is 0.445. The largest absolute Gasteiger partial charge is 0.467 e. The Balaban J connectivity index is 1.86. The molecule has 6 heteroatoms. The van der Waals surface area contributed by atoms with Gasteiger partial charge in [-0.15, -0.1) is 0 Å². The molecule has 0 unspecified atom stereocenters. The smallest absolute Gasteiger partial charge is 0.266 e. The minimum atomic E-state index is 0.0185. The number of carbonyl (C=O) groups excluding carboxylic acids is 1. The molecule has 0 spiro atoms. The van der Waals surface area contributed by atoms with E-state index in [4.69, 9.17) is 10.2 Å². The van der Waals surface area contributed by atoms with Crippen LogP contribution in [0.1, 0.15) is 46.8 Å². The number of furan rings is 1. The molecule has 1 amide bonds. The first-order valence-electron chi connectivity index (χ1n) is 7.21. The molecule has 0 saturated heterocycles. The Hall–Kier alpha value is -1.82. The first-order chi connectivity index (χ1) is 10.1. The van der Waals surface area contributed by atoms with E-state index in [0.29, 0.717) is 22.2 Å². The van der Waals surface area contributed by atoms with Crippen molar-refractivity contribution in [2.45, 2.75) is 45.2 Å². The molecule has 2 heterocycles. The van der Waals surface area contributed by atoms with E-state index >= 15 is 0 Å². The standard InChI is InChI=1S/C15H19N3O2S/c1-10-13(21-15(16)17-10)14(19)18(11-5-2-3-6-11)9-12-7-4-8-20-12/h4,7-8,11H,2-3,5-6,9H2,1H3,(H2,16,17). The lowest BCUT2D eigenvalue weighted by Crippen LogP contribution is -2.38. The predicted octanol–water partition coefficient (Wildman–Crippen LogP) is 3.21. The van der Waals surface area contributed by atoms with Gasteiger partial charge in [-0.05, 0) is 31.9 Å². The molecule has 1 aliphatic carbocycles. The fourth-order valence-electron chi connectivity index (χ4n) is 2.90. The number of nitrogens with two attached hydrogens (primary N) is 1. The van der Waals surface area contributed by atoms with Gasteiger partial charge in [0, 0.05) is 6.04 Å². The lowest BCUT2D eigenvalue weighted by molar-refractivity contribution is 0.0653.